The average Bonchev–Trinajstić information content (AvgIpc) is 2.83. The second-order valence-electron chi connectivity index (χ2n) is 7.35. The lowest BCUT2D eigenvalue weighted by Crippen LogP contribution is -2.04. The molecule has 0 aliphatic heterocycles. The molecule has 0 spiro atoms. The molecule has 0 aliphatic carbocycles. The topological polar surface area (TPSA) is 86.2 Å². The van der Waals surface area contributed by atoms with E-state index in [2.05, 4.69) is 15.3 Å². The molecule has 166 valence electrons. The Labute approximate surface area is 192 Å². The second-order valence-corrected chi connectivity index (χ2v) is 7.35. The van der Waals surface area contributed by atoms with Crippen molar-refractivity contribution >= 4 is 17.5 Å². The van der Waals surface area contributed by atoms with Crippen molar-refractivity contribution in [3.05, 3.63) is 89.9 Å². The van der Waals surface area contributed by atoms with Crippen LogP contribution in [0.5, 0.6) is 11.5 Å². The minimum Gasteiger partial charge on any atom is -0.462 e. The normalized spacial score (nSPS) is 10.5. The van der Waals surface area contributed by atoms with Crippen LogP contribution in [0.15, 0.2) is 73.1 Å². The SMILES string of the molecule is CCOC(=O)c1ccc(Nc2cc(Oc3cc(C)c(C)nc3-c3ccccn3)ccn2)cc1. The summed E-state index contributed by atoms with van der Waals surface area (Å²) < 4.78 is 11.2. The third-order valence-corrected chi connectivity index (χ3v) is 4.97. The van der Waals surface area contributed by atoms with Crippen LogP contribution in [0.1, 0.15) is 28.5 Å². The number of carbonyl (C=O) groups excluding carboxylic acids is 1. The lowest BCUT2D eigenvalue weighted by atomic mass is 10.1. The Balaban J connectivity index is 1.56. The molecule has 0 fully saturated rings. The Kier molecular flexibility index (Phi) is 6.59. The van der Waals surface area contributed by atoms with Gasteiger partial charge in [0.2, 0.25) is 0 Å². The molecule has 0 amide bonds. The van der Waals surface area contributed by atoms with E-state index in [-0.39, 0.29) is 5.97 Å². The van der Waals surface area contributed by atoms with Gasteiger partial charge in [0.25, 0.3) is 0 Å². The lowest BCUT2D eigenvalue weighted by molar-refractivity contribution is 0.0526. The number of esters is 1. The van der Waals surface area contributed by atoms with Crippen LogP contribution >= 0.6 is 0 Å². The summed E-state index contributed by atoms with van der Waals surface area (Å²) in [4.78, 5) is 25.3. The van der Waals surface area contributed by atoms with E-state index in [0.717, 1.165) is 22.6 Å². The van der Waals surface area contributed by atoms with Crippen LogP contribution in [0, 0.1) is 13.8 Å². The van der Waals surface area contributed by atoms with E-state index >= 15 is 0 Å². The third kappa shape index (κ3) is 5.33. The van der Waals surface area contributed by atoms with Gasteiger partial charge in [0, 0.05) is 29.8 Å². The fourth-order valence-corrected chi connectivity index (χ4v) is 3.17. The average molecular weight is 441 g/mol. The molecule has 3 aromatic heterocycles. The highest BCUT2D eigenvalue weighted by Crippen LogP contribution is 2.33. The van der Waals surface area contributed by atoms with Crippen molar-refractivity contribution in [3.63, 3.8) is 0 Å². The molecule has 7 heteroatoms. The van der Waals surface area contributed by atoms with Gasteiger partial charge in [-0.15, -0.1) is 0 Å². The van der Waals surface area contributed by atoms with Gasteiger partial charge in [-0.1, -0.05) is 6.07 Å². The van der Waals surface area contributed by atoms with Gasteiger partial charge in [0.1, 0.15) is 17.3 Å². The number of carbonyl (C=O) groups is 1. The van der Waals surface area contributed by atoms with Gasteiger partial charge in [-0.05, 0) is 74.9 Å². The molecule has 1 N–H and O–H groups in total. The summed E-state index contributed by atoms with van der Waals surface area (Å²) in [5.41, 5.74) is 4.65. The summed E-state index contributed by atoms with van der Waals surface area (Å²) in [6.45, 7) is 6.08. The van der Waals surface area contributed by atoms with Crippen molar-refractivity contribution in [3.8, 4) is 22.9 Å². The van der Waals surface area contributed by atoms with Crippen LogP contribution < -0.4 is 10.1 Å². The summed E-state index contributed by atoms with van der Waals surface area (Å²) >= 11 is 0. The van der Waals surface area contributed by atoms with E-state index in [1.807, 2.05) is 38.1 Å². The number of nitrogens with one attached hydrogen (secondary N) is 1. The number of hydrogen-bond acceptors (Lipinski definition) is 7. The summed E-state index contributed by atoms with van der Waals surface area (Å²) in [6, 6.07) is 18.3. The molecule has 0 atom stereocenters. The number of aryl methyl sites for hydroxylation is 2. The molecule has 4 rings (SSSR count). The zero-order valence-electron chi connectivity index (χ0n) is 18.7. The number of pyridine rings is 3. The smallest absolute Gasteiger partial charge is 0.338 e. The van der Waals surface area contributed by atoms with Crippen LogP contribution in [-0.2, 0) is 4.74 Å². The maximum Gasteiger partial charge on any atom is 0.338 e. The summed E-state index contributed by atoms with van der Waals surface area (Å²) in [6.07, 6.45) is 3.40. The summed E-state index contributed by atoms with van der Waals surface area (Å²) in [7, 11) is 0. The number of hydrogen-bond donors (Lipinski definition) is 1. The number of anilines is 2. The van der Waals surface area contributed by atoms with Crippen molar-refractivity contribution in [2.75, 3.05) is 11.9 Å². The molecule has 0 radical (unpaired) electrons. The van der Waals surface area contributed by atoms with Gasteiger partial charge in [0.05, 0.1) is 17.9 Å². The maximum atomic E-state index is 11.8. The second kappa shape index (κ2) is 9.91. The van der Waals surface area contributed by atoms with Gasteiger partial charge < -0.3 is 14.8 Å². The minimum absolute atomic E-state index is 0.341. The van der Waals surface area contributed by atoms with Gasteiger partial charge in [0.15, 0.2) is 5.75 Å². The number of benzene rings is 1. The Morgan fingerprint density at radius 3 is 2.52 bits per heavy atom. The zero-order valence-corrected chi connectivity index (χ0v) is 18.7. The van der Waals surface area contributed by atoms with Gasteiger partial charge in [-0.2, -0.15) is 0 Å². The number of ether oxygens (including phenoxy) is 2. The molecular weight excluding hydrogens is 416 g/mol. The first-order chi connectivity index (χ1) is 16.0. The number of aromatic nitrogens is 3. The summed E-state index contributed by atoms with van der Waals surface area (Å²) in [5.74, 6) is 1.49. The molecule has 33 heavy (non-hydrogen) atoms. The first-order valence-corrected chi connectivity index (χ1v) is 10.6. The monoisotopic (exact) mass is 440 g/mol. The molecule has 0 saturated carbocycles. The van der Waals surface area contributed by atoms with E-state index in [1.54, 1.807) is 55.7 Å². The van der Waals surface area contributed by atoms with Crippen molar-refractivity contribution < 1.29 is 14.3 Å². The largest absolute Gasteiger partial charge is 0.462 e. The van der Waals surface area contributed by atoms with Crippen LogP contribution in [0.3, 0.4) is 0 Å². The molecule has 3 heterocycles. The van der Waals surface area contributed by atoms with Crippen molar-refractivity contribution in [1.29, 1.82) is 0 Å². The third-order valence-electron chi connectivity index (χ3n) is 4.97. The molecule has 7 nitrogen and oxygen atoms in total. The van der Waals surface area contributed by atoms with Gasteiger partial charge in [-0.25, -0.2) is 14.8 Å². The predicted molar refractivity (Wildman–Crippen MR) is 127 cm³/mol. The Morgan fingerprint density at radius 2 is 1.79 bits per heavy atom. The standard InChI is InChI=1S/C26H24N4O3/c1-4-32-26(31)19-8-10-20(11-9-19)30-24-16-21(12-14-28-24)33-23-15-17(2)18(3)29-25(23)22-7-5-6-13-27-22/h5-16H,4H2,1-3H3,(H,28,30). The highest BCUT2D eigenvalue weighted by Gasteiger charge is 2.13. The molecule has 0 unspecified atom stereocenters. The molecule has 1 aromatic carbocycles. The zero-order chi connectivity index (χ0) is 23.2. The van der Waals surface area contributed by atoms with E-state index in [0.29, 0.717) is 35.2 Å². The number of nitrogens with zero attached hydrogens (tertiary/aromatic N) is 3. The molecule has 4 aromatic rings. The Bertz CT molecular complexity index is 1260. The minimum atomic E-state index is -0.344. The van der Waals surface area contributed by atoms with Gasteiger partial charge >= 0.3 is 5.97 Å². The van der Waals surface area contributed by atoms with Crippen LogP contribution in [0.25, 0.3) is 11.4 Å². The molecular formula is C26H24N4O3. The van der Waals surface area contributed by atoms with E-state index in [1.165, 1.54) is 0 Å². The van der Waals surface area contributed by atoms with E-state index in [9.17, 15) is 4.79 Å². The fourth-order valence-electron chi connectivity index (χ4n) is 3.17. The summed E-state index contributed by atoms with van der Waals surface area (Å²) in [5, 5.41) is 3.22. The molecule has 0 aliphatic rings. The van der Waals surface area contributed by atoms with E-state index in [4.69, 9.17) is 14.5 Å². The lowest BCUT2D eigenvalue weighted by Gasteiger charge is -2.14. The Morgan fingerprint density at radius 1 is 0.970 bits per heavy atom. The highest BCUT2D eigenvalue weighted by molar-refractivity contribution is 5.89. The van der Waals surface area contributed by atoms with E-state index < -0.39 is 0 Å². The van der Waals surface area contributed by atoms with Crippen molar-refractivity contribution in [2.45, 2.75) is 20.8 Å². The van der Waals surface area contributed by atoms with Crippen LogP contribution in [-0.4, -0.2) is 27.5 Å². The first-order valence-electron chi connectivity index (χ1n) is 10.6. The van der Waals surface area contributed by atoms with Crippen molar-refractivity contribution in [2.24, 2.45) is 0 Å². The maximum absolute atomic E-state index is 11.8. The highest BCUT2D eigenvalue weighted by atomic mass is 16.5. The quantitative estimate of drug-likeness (QED) is 0.360. The predicted octanol–water partition coefficient (Wildman–Crippen LogP) is 5.87. The van der Waals surface area contributed by atoms with Crippen LogP contribution in [0.2, 0.25) is 0 Å². The molecule has 0 saturated heterocycles. The fraction of sp³-hybridized carbons (Fsp3) is 0.154. The van der Waals surface area contributed by atoms with Crippen LogP contribution in [0.4, 0.5) is 11.5 Å². The number of rotatable bonds is 7. The first kappa shape index (κ1) is 22.0. The molecule has 0 bridgehead atoms. The van der Waals surface area contributed by atoms with Gasteiger partial charge in [-0.3, -0.25) is 4.98 Å². The Hall–Kier alpha value is -4.26. The van der Waals surface area contributed by atoms with Crippen molar-refractivity contribution in [1.82, 2.24) is 15.0 Å².